The van der Waals surface area contributed by atoms with Gasteiger partial charge in [0.15, 0.2) is 0 Å². The monoisotopic (exact) mass is 269 g/mol. The van der Waals surface area contributed by atoms with Gasteiger partial charge in [-0.15, -0.1) is 0 Å². The van der Waals surface area contributed by atoms with Gasteiger partial charge in [0.25, 0.3) is 0 Å². The maximum Gasteiger partial charge on any atom is 0.303 e. The predicted molar refractivity (Wildman–Crippen MR) is 72.3 cm³/mol. The molecular formula is C13H19NO3S. The predicted octanol–water partition coefficient (Wildman–Crippen LogP) is 1.88. The van der Waals surface area contributed by atoms with Crippen LogP contribution in [0.25, 0.3) is 0 Å². The third-order valence-corrected chi connectivity index (χ3v) is 4.13. The van der Waals surface area contributed by atoms with Crippen LogP contribution in [-0.4, -0.2) is 28.3 Å². The minimum absolute atomic E-state index is 0.183. The van der Waals surface area contributed by atoms with Crippen LogP contribution in [0.3, 0.4) is 0 Å². The summed E-state index contributed by atoms with van der Waals surface area (Å²) >= 11 is 5.13. The maximum atomic E-state index is 10.4. The van der Waals surface area contributed by atoms with Crippen molar-refractivity contribution < 1.29 is 14.6 Å². The number of hydrogen-bond donors (Lipinski definition) is 2. The molecule has 2 rings (SSSR count). The summed E-state index contributed by atoms with van der Waals surface area (Å²) in [7, 11) is 0. The number of carboxylic acids is 1. The van der Waals surface area contributed by atoms with Gasteiger partial charge >= 0.3 is 5.97 Å². The Hall–Kier alpha value is -0.940. The molecule has 0 saturated carbocycles. The van der Waals surface area contributed by atoms with Gasteiger partial charge in [0, 0.05) is 18.3 Å². The van der Waals surface area contributed by atoms with E-state index in [1.165, 1.54) is 0 Å². The van der Waals surface area contributed by atoms with Gasteiger partial charge < -0.3 is 15.6 Å². The second-order valence-electron chi connectivity index (χ2n) is 5.02. The molecule has 0 amide bonds. The van der Waals surface area contributed by atoms with Gasteiger partial charge in [0.2, 0.25) is 0 Å². The number of carboxylic acid groups (broad SMARTS) is 1. The van der Waals surface area contributed by atoms with Crippen molar-refractivity contribution in [1.29, 1.82) is 0 Å². The number of allylic oxidation sites excluding steroid dienone is 2. The highest BCUT2D eigenvalue weighted by atomic mass is 32.1. The normalized spacial score (nSPS) is 34.2. The fraction of sp³-hybridized carbons (Fsp3) is 0.692. The van der Waals surface area contributed by atoms with Crippen molar-refractivity contribution in [3.05, 3.63) is 12.2 Å². The number of nitrogens with two attached hydrogens (primary N) is 1. The van der Waals surface area contributed by atoms with Crippen molar-refractivity contribution in [2.45, 2.75) is 44.3 Å². The zero-order valence-corrected chi connectivity index (χ0v) is 11.1. The van der Waals surface area contributed by atoms with Gasteiger partial charge in [-0.1, -0.05) is 24.4 Å². The van der Waals surface area contributed by atoms with Crippen LogP contribution in [0.5, 0.6) is 0 Å². The molecule has 2 aliphatic rings. The molecule has 2 heterocycles. The minimum Gasteiger partial charge on any atom is -0.481 e. The van der Waals surface area contributed by atoms with E-state index >= 15 is 0 Å². The molecule has 100 valence electrons. The largest absolute Gasteiger partial charge is 0.481 e. The summed E-state index contributed by atoms with van der Waals surface area (Å²) < 4.78 is 5.86. The van der Waals surface area contributed by atoms with Crippen LogP contribution >= 0.6 is 12.2 Å². The van der Waals surface area contributed by atoms with Crippen LogP contribution in [0.1, 0.15) is 32.1 Å². The van der Waals surface area contributed by atoms with Gasteiger partial charge in [-0.2, -0.15) is 0 Å². The van der Waals surface area contributed by atoms with E-state index in [9.17, 15) is 4.79 Å². The molecule has 0 spiro atoms. The van der Waals surface area contributed by atoms with Gasteiger partial charge in [-0.05, 0) is 25.7 Å². The molecule has 4 atom stereocenters. The molecule has 18 heavy (non-hydrogen) atoms. The van der Waals surface area contributed by atoms with Crippen molar-refractivity contribution in [3.63, 3.8) is 0 Å². The number of fused-ring (bicyclic) bond motifs is 2. The lowest BCUT2D eigenvalue weighted by Gasteiger charge is -2.26. The van der Waals surface area contributed by atoms with E-state index in [1.807, 2.05) is 12.2 Å². The average molecular weight is 269 g/mol. The first-order valence-electron chi connectivity index (χ1n) is 6.41. The number of ether oxygens (including phenoxy) is 1. The third-order valence-electron chi connectivity index (χ3n) is 3.85. The number of carbonyl (C=O) groups is 1. The zero-order chi connectivity index (χ0) is 13.1. The Morgan fingerprint density at radius 2 is 2.11 bits per heavy atom. The summed E-state index contributed by atoms with van der Waals surface area (Å²) in [4.78, 5) is 10.9. The quantitative estimate of drug-likeness (QED) is 0.569. The fourth-order valence-electron chi connectivity index (χ4n) is 3.05. The molecule has 0 aromatic rings. The first-order chi connectivity index (χ1) is 8.59. The van der Waals surface area contributed by atoms with E-state index in [2.05, 4.69) is 0 Å². The molecule has 2 bridgehead atoms. The van der Waals surface area contributed by atoms with Crippen LogP contribution in [0.2, 0.25) is 0 Å². The number of thiocarbonyl (C=S) groups is 1. The van der Waals surface area contributed by atoms with E-state index in [1.54, 1.807) is 0 Å². The highest BCUT2D eigenvalue weighted by molar-refractivity contribution is 7.80. The second kappa shape index (κ2) is 5.80. The summed E-state index contributed by atoms with van der Waals surface area (Å²) in [6.07, 6.45) is 8.26. The zero-order valence-electron chi connectivity index (χ0n) is 10.2. The third kappa shape index (κ3) is 2.90. The molecule has 0 unspecified atom stereocenters. The van der Waals surface area contributed by atoms with Crippen LogP contribution in [-0.2, 0) is 9.53 Å². The minimum atomic E-state index is -0.760. The van der Waals surface area contributed by atoms with E-state index in [0.717, 1.165) is 19.3 Å². The van der Waals surface area contributed by atoms with Crippen LogP contribution < -0.4 is 5.73 Å². The summed E-state index contributed by atoms with van der Waals surface area (Å²) in [5, 5.41) is 8.54. The van der Waals surface area contributed by atoms with Crippen molar-refractivity contribution in [3.8, 4) is 0 Å². The summed E-state index contributed by atoms with van der Waals surface area (Å²) in [5.74, 6) is -0.186. The molecule has 0 radical (unpaired) electrons. The smallest absolute Gasteiger partial charge is 0.303 e. The Morgan fingerprint density at radius 1 is 1.39 bits per heavy atom. The Bertz CT molecular complexity index is 369. The Morgan fingerprint density at radius 3 is 2.78 bits per heavy atom. The maximum absolute atomic E-state index is 10.4. The SMILES string of the molecule is NC(=S)[C@@H]1[C@H](CC=CCCC(=O)O)[C@H]2CC[C@@H]1O2. The molecular weight excluding hydrogens is 250 g/mol. The Balaban J connectivity index is 1.84. The summed E-state index contributed by atoms with van der Waals surface area (Å²) in [6, 6.07) is 0. The molecule has 2 saturated heterocycles. The molecule has 5 heteroatoms. The van der Waals surface area contributed by atoms with Crippen molar-refractivity contribution >= 4 is 23.2 Å². The summed E-state index contributed by atoms with van der Waals surface area (Å²) in [5.41, 5.74) is 5.79. The molecule has 0 aromatic heterocycles. The van der Waals surface area contributed by atoms with Gasteiger partial charge in [0.05, 0.1) is 17.2 Å². The first kappa shape index (κ1) is 13.5. The molecule has 4 nitrogen and oxygen atoms in total. The molecule has 3 N–H and O–H groups in total. The number of aliphatic carboxylic acids is 1. The van der Waals surface area contributed by atoms with Gasteiger partial charge in [-0.25, -0.2) is 0 Å². The van der Waals surface area contributed by atoms with Gasteiger partial charge in [-0.3, -0.25) is 4.79 Å². The first-order valence-corrected chi connectivity index (χ1v) is 6.82. The van der Waals surface area contributed by atoms with Crippen molar-refractivity contribution in [2.24, 2.45) is 17.6 Å². The highest BCUT2D eigenvalue weighted by Gasteiger charge is 2.49. The highest BCUT2D eigenvalue weighted by Crippen LogP contribution is 2.45. The van der Waals surface area contributed by atoms with E-state index in [0.29, 0.717) is 17.3 Å². The van der Waals surface area contributed by atoms with Crippen molar-refractivity contribution in [2.75, 3.05) is 0 Å². The lowest BCUT2D eigenvalue weighted by Crippen LogP contribution is -2.36. The molecule has 2 aliphatic heterocycles. The molecule has 0 aliphatic carbocycles. The number of rotatable bonds is 6. The molecule has 2 fully saturated rings. The summed E-state index contributed by atoms with van der Waals surface area (Å²) in [6.45, 7) is 0. The van der Waals surface area contributed by atoms with E-state index < -0.39 is 5.97 Å². The van der Waals surface area contributed by atoms with Gasteiger partial charge in [0.1, 0.15) is 0 Å². The molecule has 0 aromatic carbocycles. The van der Waals surface area contributed by atoms with Crippen LogP contribution in [0.15, 0.2) is 12.2 Å². The van der Waals surface area contributed by atoms with Crippen molar-refractivity contribution in [1.82, 2.24) is 0 Å². The van der Waals surface area contributed by atoms with Crippen LogP contribution in [0.4, 0.5) is 0 Å². The second-order valence-corrected chi connectivity index (χ2v) is 5.49. The van der Waals surface area contributed by atoms with Crippen LogP contribution in [0, 0.1) is 11.8 Å². The lowest BCUT2D eigenvalue weighted by molar-refractivity contribution is -0.136. The van der Waals surface area contributed by atoms with E-state index in [4.69, 9.17) is 27.8 Å². The topological polar surface area (TPSA) is 72.6 Å². The number of hydrogen-bond acceptors (Lipinski definition) is 3. The fourth-order valence-corrected chi connectivity index (χ4v) is 3.37. The Labute approximate surface area is 112 Å². The van der Waals surface area contributed by atoms with E-state index in [-0.39, 0.29) is 24.5 Å². The Kier molecular flexibility index (Phi) is 4.35. The average Bonchev–Trinajstić information content (AvgIpc) is 2.87. The lowest BCUT2D eigenvalue weighted by atomic mass is 9.77. The standard InChI is InChI=1S/C13H19NO3S/c14-13(18)12-8(9-6-7-10(12)17-9)4-2-1-3-5-11(15)16/h1-2,8-10,12H,3-7H2,(H2,14,18)(H,15,16)/t8-,9-,10+,12-/m1/s1.